The van der Waals surface area contributed by atoms with E-state index in [4.69, 9.17) is 22.4 Å². The summed E-state index contributed by atoms with van der Waals surface area (Å²) < 4.78 is 0. The maximum Gasteiger partial charge on any atom is 0.0624 e. The van der Waals surface area contributed by atoms with E-state index in [1.165, 1.54) is 0 Å². The van der Waals surface area contributed by atoms with Gasteiger partial charge in [0.1, 0.15) is 0 Å². The highest BCUT2D eigenvalue weighted by Gasteiger charge is 2.02. The van der Waals surface area contributed by atoms with Crippen molar-refractivity contribution in [2.75, 3.05) is 6.61 Å². The third-order valence-electron chi connectivity index (χ3n) is 1.49. The van der Waals surface area contributed by atoms with Gasteiger partial charge in [0.05, 0.1) is 12.6 Å². The molecule has 4 heteroatoms. The third-order valence-corrected chi connectivity index (χ3v) is 1.75. The second-order valence-corrected chi connectivity index (χ2v) is 2.78. The van der Waals surface area contributed by atoms with Crippen LogP contribution in [0.15, 0.2) is 24.3 Å². The minimum Gasteiger partial charge on any atom is -0.394 e. The van der Waals surface area contributed by atoms with Gasteiger partial charge in [-0.3, -0.25) is 0 Å². The molecule has 1 aromatic rings. The van der Waals surface area contributed by atoms with Gasteiger partial charge in [0, 0.05) is 5.02 Å². The lowest BCUT2D eigenvalue weighted by Crippen LogP contribution is -2.13. The summed E-state index contributed by atoms with van der Waals surface area (Å²) in [7, 11) is 0. The lowest BCUT2D eigenvalue weighted by molar-refractivity contribution is 0.268. The van der Waals surface area contributed by atoms with E-state index in [1.807, 2.05) is 12.1 Å². The van der Waals surface area contributed by atoms with Crippen molar-refractivity contribution < 1.29 is 5.11 Å². The predicted molar refractivity (Wildman–Crippen MR) is 52.7 cm³/mol. The fourth-order valence-electron chi connectivity index (χ4n) is 0.815. The van der Waals surface area contributed by atoms with E-state index in [-0.39, 0.29) is 25.1 Å². The van der Waals surface area contributed by atoms with Crippen molar-refractivity contribution in [1.82, 2.24) is 0 Å². The SMILES string of the molecule is Cl.N[C@H](CO)c1ccc(Cl)cc1. The van der Waals surface area contributed by atoms with Crippen molar-refractivity contribution in [3.63, 3.8) is 0 Å². The molecule has 1 rings (SSSR count). The van der Waals surface area contributed by atoms with Crippen LogP contribution in [0.3, 0.4) is 0 Å². The molecular formula is C8H11Cl2NO. The van der Waals surface area contributed by atoms with Crippen LogP contribution in [-0.2, 0) is 0 Å². The van der Waals surface area contributed by atoms with Crippen LogP contribution >= 0.6 is 24.0 Å². The van der Waals surface area contributed by atoms with Crippen molar-refractivity contribution in [1.29, 1.82) is 0 Å². The van der Waals surface area contributed by atoms with E-state index in [1.54, 1.807) is 12.1 Å². The van der Waals surface area contributed by atoms with Crippen LogP contribution in [0.4, 0.5) is 0 Å². The fraction of sp³-hybridized carbons (Fsp3) is 0.250. The Morgan fingerprint density at radius 1 is 1.33 bits per heavy atom. The van der Waals surface area contributed by atoms with Crippen molar-refractivity contribution in [2.45, 2.75) is 6.04 Å². The van der Waals surface area contributed by atoms with E-state index in [9.17, 15) is 0 Å². The largest absolute Gasteiger partial charge is 0.394 e. The Bertz CT molecular complexity index is 225. The summed E-state index contributed by atoms with van der Waals surface area (Å²) >= 11 is 5.66. The van der Waals surface area contributed by atoms with Gasteiger partial charge in [-0.05, 0) is 17.7 Å². The van der Waals surface area contributed by atoms with Gasteiger partial charge in [-0.2, -0.15) is 0 Å². The first-order chi connectivity index (χ1) is 5.24. The summed E-state index contributed by atoms with van der Waals surface area (Å²) in [6, 6.07) is 6.83. The van der Waals surface area contributed by atoms with Crippen LogP contribution < -0.4 is 5.73 Å². The molecule has 3 N–H and O–H groups in total. The molecule has 1 aromatic carbocycles. The van der Waals surface area contributed by atoms with Gasteiger partial charge in [0.25, 0.3) is 0 Å². The number of hydrogen-bond acceptors (Lipinski definition) is 2. The summed E-state index contributed by atoms with van der Waals surface area (Å²) in [4.78, 5) is 0. The maximum absolute atomic E-state index is 8.70. The van der Waals surface area contributed by atoms with Crippen molar-refractivity contribution in [2.24, 2.45) is 5.73 Å². The van der Waals surface area contributed by atoms with Crippen LogP contribution in [0.25, 0.3) is 0 Å². The van der Waals surface area contributed by atoms with Gasteiger partial charge in [0.2, 0.25) is 0 Å². The van der Waals surface area contributed by atoms with Crippen molar-refractivity contribution in [3.05, 3.63) is 34.9 Å². The van der Waals surface area contributed by atoms with E-state index in [0.717, 1.165) is 5.56 Å². The monoisotopic (exact) mass is 207 g/mol. The molecule has 0 radical (unpaired) electrons. The molecule has 0 heterocycles. The molecule has 0 saturated heterocycles. The van der Waals surface area contributed by atoms with Crippen molar-refractivity contribution >= 4 is 24.0 Å². The highest BCUT2D eigenvalue weighted by Crippen LogP contribution is 2.13. The van der Waals surface area contributed by atoms with Crippen molar-refractivity contribution in [3.8, 4) is 0 Å². The Hall–Kier alpha value is -0.280. The van der Waals surface area contributed by atoms with Gasteiger partial charge >= 0.3 is 0 Å². The van der Waals surface area contributed by atoms with Crippen LogP contribution in [0, 0.1) is 0 Å². The Balaban J connectivity index is 0.00000121. The van der Waals surface area contributed by atoms with Gasteiger partial charge in [0.15, 0.2) is 0 Å². The van der Waals surface area contributed by atoms with E-state index in [2.05, 4.69) is 0 Å². The molecule has 0 aliphatic heterocycles. The maximum atomic E-state index is 8.70. The molecule has 2 nitrogen and oxygen atoms in total. The first-order valence-electron chi connectivity index (χ1n) is 3.36. The first-order valence-corrected chi connectivity index (χ1v) is 3.73. The zero-order chi connectivity index (χ0) is 8.27. The lowest BCUT2D eigenvalue weighted by Gasteiger charge is -2.07. The second kappa shape index (κ2) is 5.38. The smallest absolute Gasteiger partial charge is 0.0624 e. The minimum absolute atomic E-state index is 0. The zero-order valence-corrected chi connectivity index (χ0v) is 7.98. The molecule has 0 amide bonds. The molecule has 0 aliphatic rings. The highest BCUT2D eigenvalue weighted by atomic mass is 35.5. The minimum atomic E-state index is -0.299. The quantitative estimate of drug-likeness (QED) is 0.777. The number of hydrogen-bond donors (Lipinski definition) is 2. The average Bonchev–Trinajstić information content (AvgIpc) is 2.05. The fourth-order valence-corrected chi connectivity index (χ4v) is 0.941. The molecule has 12 heavy (non-hydrogen) atoms. The van der Waals surface area contributed by atoms with Gasteiger partial charge in [-0.1, -0.05) is 23.7 Å². The molecule has 0 spiro atoms. The third kappa shape index (κ3) is 2.99. The van der Waals surface area contributed by atoms with Crippen LogP contribution in [0.1, 0.15) is 11.6 Å². The molecule has 0 aromatic heterocycles. The van der Waals surface area contributed by atoms with E-state index < -0.39 is 0 Å². The normalized spacial score (nSPS) is 11.9. The Morgan fingerprint density at radius 3 is 2.25 bits per heavy atom. The van der Waals surface area contributed by atoms with E-state index in [0.29, 0.717) is 5.02 Å². The zero-order valence-electron chi connectivity index (χ0n) is 6.40. The van der Waals surface area contributed by atoms with Crippen LogP contribution in [0.5, 0.6) is 0 Å². The summed E-state index contributed by atoms with van der Waals surface area (Å²) in [5.41, 5.74) is 6.45. The number of rotatable bonds is 2. The number of aliphatic hydroxyl groups is 1. The average molecular weight is 208 g/mol. The van der Waals surface area contributed by atoms with Gasteiger partial charge in [-0.15, -0.1) is 12.4 Å². The highest BCUT2D eigenvalue weighted by molar-refractivity contribution is 6.30. The molecule has 0 fully saturated rings. The Kier molecular flexibility index (Phi) is 5.25. The van der Waals surface area contributed by atoms with Gasteiger partial charge < -0.3 is 10.8 Å². The summed E-state index contributed by atoms with van der Waals surface area (Å²) in [6.07, 6.45) is 0. The predicted octanol–water partition coefficient (Wildman–Crippen LogP) is 1.75. The first kappa shape index (κ1) is 11.7. The van der Waals surface area contributed by atoms with Crippen LogP contribution in [0.2, 0.25) is 5.02 Å². The summed E-state index contributed by atoms with van der Waals surface area (Å²) in [5.74, 6) is 0. The molecule has 0 unspecified atom stereocenters. The summed E-state index contributed by atoms with van der Waals surface area (Å²) in [5, 5.41) is 9.38. The summed E-state index contributed by atoms with van der Waals surface area (Å²) in [6.45, 7) is -0.0400. The molecule has 0 aliphatic carbocycles. The molecule has 1 atom stereocenters. The molecule has 0 saturated carbocycles. The molecule has 0 bridgehead atoms. The standard InChI is InChI=1S/C8H10ClNO.ClH/c9-7-3-1-6(2-4-7)8(10)5-11;/h1-4,8,11H,5,10H2;1H/t8-;/m1./s1. The number of nitrogens with two attached hydrogens (primary N) is 1. The van der Waals surface area contributed by atoms with Gasteiger partial charge in [-0.25, -0.2) is 0 Å². The number of halogens is 2. The molecule has 68 valence electrons. The second-order valence-electron chi connectivity index (χ2n) is 2.34. The molecular weight excluding hydrogens is 197 g/mol. The van der Waals surface area contributed by atoms with E-state index >= 15 is 0 Å². The Labute approximate surface area is 82.8 Å². The lowest BCUT2D eigenvalue weighted by atomic mass is 10.1. The number of aliphatic hydroxyl groups excluding tert-OH is 1. The van der Waals surface area contributed by atoms with Crippen LogP contribution in [-0.4, -0.2) is 11.7 Å². The number of benzene rings is 1. The Morgan fingerprint density at radius 2 is 1.83 bits per heavy atom. The topological polar surface area (TPSA) is 46.2 Å².